The highest BCUT2D eigenvalue weighted by atomic mass is 16.5. The van der Waals surface area contributed by atoms with Crippen molar-refractivity contribution in [2.24, 2.45) is 5.41 Å². The number of nitrogens with one attached hydrogen (secondary N) is 1. The minimum atomic E-state index is 0.532. The highest BCUT2D eigenvalue weighted by Gasteiger charge is 2.23. The first-order valence-electron chi connectivity index (χ1n) is 6.64. The second-order valence-corrected chi connectivity index (χ2v) is 5.84. The van der Waals surface area contributed by atoms with Crippen molar-refractivity contribution in [1.82, 2.24) is 15.5 Å². The van der Waals surface area contributed by atoms with Crippen LogP contribution in [0.1, 0.15) is 51.8 Å². The van der Waals surface area contributed by atoms with Gasteiger partial charge in [0.1, 0.15) is 0 Å². The van der Waals surface area contributed by atoms with Gasteiger partial charge in [-0.2, -0.15) is 4.98 Å². The van der Waals surface area contributed by atoms with Gasteiger partial charge in [-0.25, -0.2) is 0 Å². The summed E-state index contributed by atoms with van der Waals surface area (Å²) in [5.41, 5.74) is 0.532. The zero-order chi connectivity index (χ0) is 12.1. The Balaban J connectivity index is 1.69. The van der Waals surface area contributed by atoms with Crippen molar-refractivity contribution >= 4 is 0 Å². The van der Waals surface area contributed by atoms with Crippen LogP contribution in [0.3, 0.4) is 0 Å². The van der Waals surface area contributed by atoms with Crippen LogP contribution in [0.2, 0.25) is 0 Å². The molecule has 1 N–H and O–H groups in total. The Bertz CT molecular complexity index is 321. The van der Waals surface area contributed by atoms with Crippen molar-refractivity contribution in [3.63, 3.8) is 0 Å². The van der Waals surface area contributed by atoms with Crippen LogP contribution < -0.4 is 5.32 Å². The number of aromatic nitrogens is 2. The average Bonchev–Trinajstić information content (AvgIpc) is 2.72. The molecule has 1 atom stereocenters. The molecule has 1 saturated carbocycles. The second kappa shape index (κ2) is 5.63. The Morgan fingerprint density at radius 2 is 2.29 bits per heavy atom. The van der Waals surface area contributed by atoms with Gasteiger partial charge in [0.2, 0.25) is 6.39 Å². The van der Waals surface area contributed by atoms with E-state index in [1.807, 2.05) is 0 Å². The standard InChI is InChI=1S/C13H23N3O/c1-13(2)7-3-4-11(5-8-13)14-9-6-12-15-10-17-16-12/h10-11,14H,3-9H2,1-2H3. The first-order chi connectivity index (χ1) is 8.16. The molecule has 2 rings (SSSR count). The summed E-state index contributed by atoms with van der Waals surface area (Å²) in [5.74, 6) is 0.798. The molecule has 96 valence electrons. The fourth-order valence-corrected chi connectivity index (χ4v) is 2.56. The number of hydrogen-bond donors (Lipinski definition) is 1. The maximum absolute atomic E-state index is 4.72. The van der Waals surface area contributed by atoms with E-state index in [4.69, 9.17) is 4.52 Å². The molecule has 0 spiro atoms. The summed E-state index contributed by atoms with van der Waals surface area (Å²) < 4.78 is 4.72. The van der Waals surface area contributed by atoms with E-state index in [0.717, 1.165) is 18.8 Å². The van der Waals surface area contributed by atoms with Crippen molar-refractivity contribution in [2.75, 3.05) is 6.54 Å². The van der Waals surface area contributed by atoms with Crippen LogP contribution >= 0.6 is 0 Å². The highest BCUT2D eigenvalue weighted by molar-refractivity contribution is 4.82. The quantitative estimate of drug-likeness (QED) is 0.818. The lowest BCUT2D eigenvalue weighted by atomic mass is 9.85. The first kappa shape index (κ1) is 12.6. The van der Waals surface area contributed by atoms with Crippen LogP contribution in [0, 0.1) is 5.41 Å². The van der Waals surface area contributed by atoms with Gasteiger partial charge in [-0.15, -0.1) is 0 Å². The Kier molecular flexibility index (Phi) is 4.15. The molecule has 0 radical (unpaired) electrons. The third-order valence-electron chi connectivity index (χ3n) is 3.76. The molecular formula is C13H23N3O. The maximum atomic E-state index is 4.72. The largest absolute Gasteiger partial charge is 0.343 e. The Morgan fingerprint density at radius 3 is 3.06 bits per heavy atom. The maximum Gasteiger partial charge on any atom is 0.213 e. The lowest BCUT2D eigenvalue weighted by Crippen LogP contribution is -2.30. The van der Waals surface area contributed by atoms with Gasteiger partial charge in [0.15, 0.2) is 5.82 Å². The van der Waals surface area contributed by atoms with Gasteiger partial charge in [-0.3, -0.25) is 0 Å². The molecular weight excluding hydrogens is 214 g/mol. The summed E-state index contributed by atoms with van der Waals surface area (Å²) in [5, 5.41) is 7.43. The summed E-state index contributed by atoms with van der Waals surface area (Å²) in [6.07, 6.45) is 8.87. The zero-order valence-corrected chi connectivity index (χ0v) is 10.9. The molecule has 1 aromatic heterocycles. The third kappa shape index (κ3) is 4.11. The van der Waals surface area contributed by atoms with Gasteiger partial charge in [-0.05, 0) is 31.1 Å². The molecule has 0 saturated heterocycles. The smallest absolute Gasteiger partial charge is 0.213 e. The molecule has 17 heavy (non-hydrogen) atoms. The lowest BCUT2D eigenvalue weighted by molar-refractivity contribution is 0.310. The molecule has 1 unspecified atom stereocenters. The van der Waals surface area contributed by atoms with E-state index < -0.39 is 0 Å². The summed E-state index contributed by atoms with van der Waals surface area (Å²) >= 11 is 0. The SMILES string of the molecule is CC1(C)CCCC(NCCc2ncon2)CC1. The zero-order valence-electron chi connectivity index (χ0n) is 10.9. The van der Waals surface area contributed by atoms with E-state index in [9.17, 15) is 0 Å². The fraction of sp³-hybridized carbons (Fsp3) is 0.846. The van der Waals surface area contributed by atoms with E-state index in [1.54, 1.807) is 0 Å². The van der Waals surface area contributed by atoms with Crippen LogP contribution in [-0.2, 0) is 6.42 Å². The van der Waals surface area contributed by atoms with E-state index >= 15 is 0 Å². The fourth-order valence-electron chi connectivity index (χ4n) is 2.56. The molecule has 4 nitrogen and oxygen atoms in total. The summed E-state index contributed by atoms with van der Waals surface area (Å²) in [7, 11) is 0. The van der Waals surface area contributed by atoms with E-state index in [-0.39, 0.29) is 0 Å². The summed E-state index contributed by atoms with van der Waals surface area (Å²) in [6.45, 7) is 5.72. The summed E-state index contributed by atoms with van der Waals surface area (Å²) in [6, 6.07) is 0.670. The molecule has 0 amide bonds. The molecule has 1 heterocycles. The summed E-state index contributed by atoms with van der Waals surface area (Å²) in [4.78, 5) is 4.02. The normalized spacial score (nSPS) is 24.5. The minimum Gasteiger partial charge on any atom is -0.343 e. The van der Waals surface area contributed by atoms with Crippen LogP contribution in [0.25, 0.3) is 0 Å². The average molecular weight is 237 g/mol. The predicted octanol–water partition coefficient (Wildman–Crippen LogP) is 2.56. The van der Waals surface area contributed by atoms with Gasteiger partial charge >= 0.3 is 0 Å². The first-order valence-corrected chi connectivity index (χ1v) is 6.64. The molecule has 0 aromatic carbocycles. The van der Waals surface area contributed by atoms with Gasteiger partial charge in [-0.1, -0.05) is 25.4 Å². The number of nitrogens with zero attached hydrogens (tertiary/aromatic N) is 2. The topological polar surface area (TPSA) is 51.0 Å². The van der Waals surface area contributed by atoms with Gasteiger partial charge in [0, 0.05) is 19.0 Å². The van der Waals surface area contributed by atoms with Crippen molar-refractivity contribution in [1.29, 1.82) is 0 Å². The minimum absolute atomic E-state index is 0.532. The highest BCUT2D eigenvalue weighted by Crippen LogP contribution is 2.33. The Labute approximate surface area is 103 Å². The van der Waals surface area contributed by atoms with Crippen molar-refractivity contribution in [3.8, 4) is 0 Å². The van der Waals surface area contributed by atoms with Crippen molar-refractivity contribution in [2.45, 2.75) is 58.4 Å². The molecule has 0 aliphatic heterocycles. The monoisotopic (exact) mass is 237 g/mol. The van der Waals surface area contributed by atoms with Gasteiger partial charge < -0.3 is 9.84 Å². The molecule has 4 heteroatoms. The third-order valence-corrected chi connectivity index (χ3v) is 3.76. The number of hydrogen-bond acceptors (Lipinski definition) is 4. The second-order valence-electron chi connectivity index (χ2n) is 5.84. The van der Waals surface area contributed by atoms with Crippen LogP contribution in [0.15, 0.2) is 10.9 Å². The van der Waals surface area contributed by atoms with E-state index in [1.165, 1.54) is 38.5 Å². The van der Waals surface area contributed by atoms with Crippen molar-refractivity contribution in [3.05, 3.63) is 12.2 Å². The van der Waals surface area contributed by atoms with E-state index in [2.05, 4.69) is 29.3 Å². The molecule has 1 fully saturated rings. The van der Waals surface area contributed by atoms with Crippen LogP contribution in [0.5, 0.6) is 0 Å². The van der Waals surface area contributed by atoms with Crippen molar-refractivity contribution < 1.29 is 4.52 Å². The van der Waals surface area contributed by atoms with Gasteiger partial charge in [0.05, 0.1) is 0 Å². The number of rotatable bonds is 4. The molecule has 1 aliphatic carbocycles. The molecule has 0 bridgehead atoms. The van der Waals surface area contributed by atoms with Crippen LogP contribution in [-0.4, -0.2) is 22.7 Å². The van der Waals surface area contributed by atoms with E-state index in [0.29, 0.717) is 11.5 Å². The molecule has 1 aliphatic rings. The molecule has 1 aromatic rings. The Morgan fingerprint density at radius 1 is 1.41 bits per heavy atom. The van der Waals surface area contributed by atoms with Gasteiger partial charge in [0.25, 0.3) is 0 Å². The Hall–Kier alpha value is -0.900. The van der Waals surface area contributed by atoms with Crippen LogP contribution in [0.4, 0.5) is 0 Å². The lowest BCUT2D eigenvalue weighted by Gasteiger charge is -2.22. The predicted molar refractivity (Wildman–Crippen MR) is 66.7 cm³/mol.